The number of aldehydes is 1. The Morgan fingerprint density at radius 3 is 2.31 bits per heavy atom. The largest absolute Gasteiger partial charge is 0.370 e. The molecule has 42 heavy (non-hydrogen) atoms. The summed E-state index contributed by atoms with van der Waals surface area (Å²) < 4.78 is 0. The Morgan fingerprint density at radius 1 is 1.10 bits per heavy atom. The van der Waals surface area contributed by atoms with E-state index in [0.717, 1.165) is 55.8 Å². The van der Waals surface area contributed by atoms with Crippen molar-refractivity contribution < 1.29 is 14.4 Å². The number of carbonyl (C=O) groups excluding carboxylic acids is 3. The number of benzene rings is 2. The number of nitrogens with zero attached hydrogens (tertiary/aromatic N) is 2. The van der Waals surface area contributed by atoms with Crippen molar-refractivity contribution in [3.8, 4) is 0 Å². The number of nitrogens with one attached hydrogen (secondary N) is 2. The third-order valence-corrected chi connectivity index (χ3v) is 6.60. The number of likely N-dealkylation sites (tertiary alicyclic amines) is 1. The van der Waals surface area contributed by atoms with Crippen LogP contribution in [-0.4, -0.2) is 68.0 Å². The van der Waals surface area contributed by atoms with Crippen LogP contribution in [0.3, 0.4) is 0 Å². The van der Waals surface area contributed by atoms with Crippen LogP contribution in [0.25, 0.3) is 0 Å². The molecule has 0 aliphatic carbocycles. The van der Waals surface area contributed by atoms with E-state index >= 15 is 0 Å². The monoisotopic (exact) mass is 597 g/mol. The average Bonchev–Trinajstić information content (AvgIpc) is 2.95. The number of piperidine rings is 1. The third kappa shape index (κ3) is 17.5. The molecule has 1 unspecified atom stereocenters. The van der Waals surface area contributed by atoms with E-state index in [4.69, 9.17) is 11.6 Å². The van der Waals surface area contributed by atoms with Crippen LogP contribution >= 0.6 is 11.6 Å². The second-order valence-corrected chi connectivity index (χ2v) is 10.9. The van der Waals surface area contributed by atoms with E-state index in [1.165, 1.54) is 31.7 Å². The summed E-state index contributed by atoms with van der Waals surface area (Å²) in [6.45, 7) is 12.7. The number of aliphatic imine (C=N–C) groups is 1. The molecule has 2 amide bonds. The summed E-state index contributed by atoms with van der Waals surface area (Å²) in [6.07, 6.45) is 6.60. The molecule has 0 spiro atoms. The number of nitrogens with two attached hydrogens (primary N) is 1. The van der Waals surface area contributed by atoms with Gasteiger partial charge in [0.25, 0.3) is 0 Å². The predicted molar refractivity (Wildman–Crippen MR) is 175 cm³/mol. The minimum absolute atomic E-state index is 0.0496. The zero-order chi connectivity index (χ0) is 31.3. The molecule has 8 nitrogen and oxygen atoms in total. The molecule has 230 valence electrons. The molecule has 2 aromatic rings. The summed E-state index contributed by atoms with van der Waals surface area (Å²) in [4.78, 5) is 38.8. The first-order chi connectivity index (χ1) is 20.0. The number of likely N-dealkylation sites (N-methyl/N-ethyl adjacent to an activating group) is 1. The van der Waals surface area contributed by atoms with Crippen molar-refractivity contribution in [1.29, 1.82) is 0 Å². The van der Waals surface area contributed by atoms with Gasteiger partial charge >= 0.3 is 0 Å². The Hall–Kier alpha value is -3.33. The fourth-order valence-electron chi connectivity index (χ4n) is 4.36. The van der Waals surface area contributed by atoms with E-state index in [2.05, 4.69) is 45.0 Å². The van der Waals surface area contributed by atoms with E-state index in [1.54, 1.807) is 0 Å². The number of rotatable bonds is 12. The van der Waals surface area contributed by atoms with Crippen molar-refractivity contribution in [3.05, 3.63) is 76.8 Å². The summed E-state index contributed by atoms with van der Waals surface area (Å²) in [5, 5.41) is 6.99. The Balaban J connectivity index is 0.000000483. The maximum atomic E-state index is 12.4. The van der Waals surface area contributed by atoms with Gasteiger partial charge in [0.15, 0.2) is 0 Å². The number of hydrogen-bond acceptors (Lipinski definition) is 6. The average molecular weight is 598 g/mol. The molecule has 1 aliphatic rings. The summed E-state index contributed by atoms with van der Waals surface area (Å²) in [5.41, 5.74) is 9.25. The standard InChI is InChI=1S/C22H28ClN3O.C9H15NO.C2H5NO/c1-16-13-19(23)10-11-21(16)25-17(2)9-12-22(27)26-20(15-24-3)14-18-7-5-4-6-8-18;1-9(8-11)7-10-5-3-2-4-6-10;1-2(3)4/h4-8,10-11,13,20,24H,9,12,14-15H2,1-3H3,(H,26,27);8H,1-7H2;1H3,(H2,3,4). The minimum atomic E-state index is -0.333. The van der Waals surface area contributed by atoms with Gasteiger partial charge in [0.05, 0.1) is 5.69 Å². The van der Waals surface area contributed by atoms with Crippen molar-refractivity contribution in [2.45, 2.75) is 65.3 Å². The van der Waals surface area contributed by atoms with Crippen LogP contribution in [0.2, 0.25) is 5.02 Å². The number of amides is 2. The van der Waals surface area contributed by atoms with Crippen LogP contribution in [0.1, 0.15) is 57.1 Å². The van der Waals surface area contributed by atoms with Gasteiger partial charge in [-0.05, 0) is 94.6 Å². The maximum Gasteiger partial charge on any atom is 0.220 e. The van der Waals surface area contributed by atoms with Gasteiger partial charge in [-0.3, -0.25) is 24.3 Å². The van der Waals surface area contributed by atoms with Gasteiger partial charge in [-0.2, -0.15) is 0 Å². The SMILES string of the molecule is C=C(C=O)CN1CCCCC1.CC(N)=O.CNCC(Cc1ccccc1)NC(=O)CCC(C)=Nc1ccc(Cl)cc1C. The van der Waals surface area contributed by atoms with Crippen molar-refractivity contribution in [2.24, 2.45) is 10.7 Å². The fourth-order valence-corrected chi connectivity index (χ4v) is 4.59. The molecule has 1 heterocycles. The molecule has 1 saturated heterocycles. The molecule has 0 saturated carbocycles. The number of carbonyl (C=O) groups is 3. The van der Waals surface area contributed by atoms with Crippen molar-refractivity contribution >= 4 is 41.1 Å². The number of primary amides is 1. The molecule has 1 fully saturated rings. The highest BCUT2D eigenvalue weighted by Crippen LogP contribution is 2.23. The molecule has 3 rings (SSSR count). The van der Waals surface area contributed by atoms with Gasteiger partial charge in [-0.1, -0.05) is 54.9 Å². The summed E-state index contributed by atoms with van der Waals surface area (Å²) in [6, 6.07) is 15.9. The van der Waals surface area contributed by atoms with E-state index < -0.39 is 0 Å². The van der Waals surface area contributed by atoms with E-state index in [0.29, 0.717) is 23.4 Å². The summed E-state index contributed by atoms with van der Waals surface area (Å²) in [7, 11) is 1.90. The topological polar surface area (TPSA) is 117 Å². The summed E-state index contributed by atoms with van der Waals surface area (Å²) >= 11 is 5.98. The molecule has 4 N–H and O–H groups in total. The smallest absolute Gasteiger partial charge is 0.220 e. The maximum absolute atomic E-state index is 12.4. The fraction of sp³-hybridized carbons (Fsp3) is 0.455. The molecule has 0 aromatic heterocycles. The second kappa shape index (κ2) is 21.4. The van der Waals surface area contributed by atoms with Gasteiger partial charge in [0.2, 0.25) is 11.8 Å². The first-order valence-corrected chi connectivity index (χ1v) is 14.8. The van der Waals surface area contributed by atoms with Crippen LogP contribution in [0, 0.1) is 6.92 Å². The van der Waals surface area contributed by atoms with Crippen molar-refractivity contribution in [2.75, 3.05) is 33.2 Å². The highest BCUT2D eigenvalue weighted by atomic mass is 35.5. The van der Waals surface area contributed by atoms with E-state index in [1.807, 2.05) is 57.3 Å². The Labute approximate surface area is 256 Å². The quantitative estimate of drug-likeness (QED) is 0.177. The Morgan fingerprint density at radius 2 is 1.74 bits per heavy atom. The molecule has 2 aromatic carbocycles. The summed E-state index contributed by atoms with van der Waals surface area (Å²) in [5.74, 6) is -0.284. The second-order valence-electron chi connectivity index (χ2n) is 10.5. The number of aryl methyl sites for hydroxylation is 1. The lowest BCUT2D eigenvalue weighted by Gasteiger charge is -2.25. The highest BCUT2D eigenvalue weighted by Gasteiger charge is 2.13. The van der Waals surface area contributed by atoms with Crippen molar-refractivity contribution in [3.63, 3.8) is 0 Å². The van der Waals surface area contributed by atoms with Crippen LogP contribution in [0.15, 0.2) is 65.7 Å². The van der Waals surface area contributed by atoms with Gasteiger partial charge < -0.3 is 16.4 Å². The van der Waals surface area contributed by atoms with Gasteiger partial charge in [0, 0.05) is 43.2 Å². The lowest BCUT2D eigenvalue weighted by molar-refractivity contribution is -0.121. The van der Waals surface area contributed by atoms with Gasteiger partial charge in [0.1, 0.15) is 6.29 Å². The molecule has 1 atom stereocenters. The van der Waals surface area contributed by atoms with Crippen LogP contribution in [-0.2, 0) is 20.8 Å². The molecule has 0 bridgehead atoms. The van der Waals surface area contributed by atoms with Gasteiger partial charge in [-0.15, -0.1) is 0 Å². The lowest BCUT2D eigenvalue weighted by atomic mass is 10.1. The van der Waals surface area contributed by atoms with Crippen molar-refractivity contribution in [1.82, 2.24) is 15.5 Å². The van der Waals surface area contributed by atoms with Crippen LogP contribution in [0.5, 0.6) is 0 Å². The molecular formula is C33H48ClN5O3. The number of hydrogen-bond donors (Lipinski definition) is 3. The van der Waals surface area contributed by atoms with Crippen LogP contribution < -0.4 is 16.4 Å². The minimum Gasteiger partial charge on any atom is -0.370 e. The Bertz CT molecular complexity index is 1140. The first kappa shape index (κ1) is 36.7. The highest BCUT2D eigenvalue weighted by molar-refractivity contribution is 6.30. The lowest BCUT2D eigenvalue weighted by Crippen LogP contribution is -2.42. The molecular weight excluding hydrogens is 550 g/mol. The molecule has 9 heteroatoms. The zero-order valence-corrected chi connectivity index (χ0v) is 26.4. The van der Waals surface area contributed by atoms with E-state index in [-0.39, 0.29) is 17.9 Å². The normalized spacial score (nSPS) is 13.9. The van der Waals surface area contributed by atoms with Gasteiger partial charge in [-0.25, -0.2) is 0 Å². The third-order valence-electron chi connectivity index (χ3n) is 6.37. The zero-order valence-electron chi connectivity index (χ0n) is 25.6. The van der Waals surface area contributed by atoms with Crippen LogP contribution in [0.4, 0.5) is 5.69 Å². The molecule has 1 aliphatic heterocycles. The first-order valence-electron chi connectivity index (χ1n) is 14.4. The van der Waals surface area contributed by atoms with E-state index in [9.17, 15) is 14.4 Å². The predicted octanol–water partition coefficient (Wildman–Crippen LogP) is 5.19. The molecule has 0 radical (unpaired) electrons. The Kier molecular flexibility index (Phi) is 18.7. The number of halogens is 1.